The van der Waals surface area contributed by atoms with Crippen molar-refractivity contribution in [2.75, 3.05) is 36.4 Å². The fraction of sp³-hybridized carbons (Fsp3) is 0.481. The molecule has 1 aliphatic rings. The van der Waals surface area contributed by atoms with Crippen molar-refractivity contribution in [3.05, 3.63) is 53.0 Å². The molecule has 8 nitrogen and oxygen atoms in total. The Hall–Kier alpha value is -3.63. The number of hydrogen-bond acceptors (Lipinski definition) is 7. The van der Waals surface area contributed by atoms with Gasteiger partial charge in [-0.15, -0.1) is 0 Å². The number of halogens is 3. The molecule has 0 spiro atoms. The van der Waals surface area contributed by atoms with Gasteiger partial charge in [-0.3, -0.25) is 0 Å². The zero-order valence-corrected chi connectivity index (χ0v) is 22.5. The second kappa shape index (κ2) is 10.3. The molecule has 1 aromatic carbocycles. The van der Waals surface area contributed by atoms with Crippen molar-refractivity contribution in [2.45, 2.75) is 59.4 Å². The number of benzene rings is 1. The summed E-state index contributed by atoms with van der Waals surface area (Å²) in [4.78, 5) is 29.8. The molecule has 38 heavy (non-hydrogen) atoms. The number of pyridine rings is 1. The number of fused-ring (bicyclic) bond motifs is 1. The number of anilines is 2. The van der Waals surface area contributed by atoms with Crippen LogP contribution in [-0.4, -0.2) is 57.7 Å². The summed E-state index contributed by atoms with van der Waals surface area (Å²) in [6, 6.07) is 5.65. The summed E-state index contributed by atoms with van der Waals surface area (Å²) in [5.41, 5.74) is 0.143. The molecular weight excluding hydrogens is 497 g/mol. The Morgan fingerprint density at radius 3 is 2.39 bits per heavy atom. The van der Waals surface area contributed by atoms with Gasteiger partial charge >= 0.3 is 12.3 Å². The molecule has 0 unspecified atom stereocenters. The van der Waals surface area contributed by atoms with Crippen LogP contribution in [0.2, 0.25) is 0 Å². The summed E-state index contributed by atoms with van der Waals surface area (Å²) in [5, 5.41) is 4.02. The first-order valence-electron chi connectivity index (χ1n) is 12.5. The minimum Gasteiger partial charge on any atom is -0.444 e. The van der Waals surface area contributed by atoms with Crippen LogP contribution in [0.5, 0.6) is 0 Å². The number of aryl methyl sites for hydroxylation is 1. The molecule has 0 radical (unpaired) electrons. The summed E-state index contributed by atoms with van der Waals surface area (Å²) in [7, 11) is 0. The lowest BCUT2D eigenvalue weighted by Gasteiger charge is -2.36. The molecule has 11 heteroatoms. The fourth-order valence-electron chi connectivity index (χ4n) is 4.58. The molecule has 1 saturated heterocycles. The van der Waals surface area contributed by atoms with Crippen LogP contribution in [0.4, 0.5) is 29.6 Å². The van der Waals surface area contributed by atoms with E-state index in [-0.39, 0.29) is 11.7 Å². The van der Waals surface area contributed by atoms with Gasteiger partial charge in [0.1, 0.15) is 23.1 Å². The van der Waals surface area contributed by atoms with E-state index in [1.807, 2.05) is 33.8 Å². The van der Waals surface area contributed by atoms with E-state index in [1.54, 1.807) is 24.1 Å². The van der Waals surface area contributed by atoms with Crippen molar-refractivity contribution >= 4 is 28.6 Å². The van der Waals surface area contributed by atoms with Gasteiger partial charge in [0.15, 0.2) is 0 Å². The van der Waals surface area contributed by atoms with Crippen LogP contribution in [0.25, 0.3) is 10.9 Å². The first-order valence-corrected chi connectivity index (χ1v) is 12.5. The van der Waals surface area contributed by atoms with Gasteiger partial charge in [-0.25, -0.2) is 19.7 Å². The van der Waals surface area contributed by atoms with Crippen molar-refractivity contribution in [2.24, 2.45) is 0 Å². The Bertz CT molecular complexity index is 1330. The average molecular weight is 531 g/mol. The quantitative estimate of drug-likeness (QED) is 0.450. The van der Waals surface area contributed by atoms with Crippen LogP contribution in [0.1, 0.15) is 56.3 Å². The molecule has 0 saturated carbocycles. The Balaban J connectivity index is 1.57. The summed E-state index contributed by atoms with van der Waals surface area (Å²) in [6.07, 6.45) is -3.09. The SMILES string of the molecule is Cc1nc(N[C@H](C)c2cccc(C(F)(F)F)c2C)c2cc(N3CCN(C(=O)OC(C)(C)C)CC3)ncc2n1. The average Bonchev–Trinajstić information content (AvgIpc) is 2.82. The molecule has 1 atom stereocenters. The molecule has 204 valence electrons. The van der Waals surface area contributed by atoms with Gasteiger partial charge < -0.3 is 19.9 Å². The summed E-state index contributed by atoms with van der Waals surface area (Å²) < 4.78 is 45.9. The molecule has 4 rings (SSSR count). The molecule has 1 aliphatic heterocycles. The second-order valence-corrected chi connectivity index (χ2v) is 10.5. The Kier molecular flexibility index (Phi) is 7.40. The van der Waals surface area contributed by atoms with Crippen molar-refractivity contribution in [1.29, 1.82) is 0 Å². The maximum absolute atomic E-state index is 13.5. The van der Waals surface area contributed by atoms with Gasteiger partial charge in [0.25, 0.3) is 0 Å². The number of aromatic nitrogens is 3. The minimum absolute atomic E-state index is 0.181. The van der Waals surface area contributed by atoms with Crippen molar-refractivity contribution in [1.82, 2.24) is 19.9 Å². The maximum Gasteiger partial charge on any atom is 0.416 e. The van der Waals surface area contributed by atoms with Crippen LogP contribution in [0, 0.1) is 13.8 Å². The number of rotatable bonds is 4. The number of carbonyl (C=O) groups excluding carboxylic acids is 1. The molecule has 2 aromatic heterocycles. The third-order valence-corrected chi connectivity index (χ3v) is 6.44. The lowest BCUT2D eigenvalue weighted by Crippen LogP contribution is -2.50. The zero-order valence-electron chi connectivity index (χ0n) is 22.5. The Morgan fingerprint density at radius 1 is 1.08 bits per heavy atom. The first kappa shape index (κ1) is 27.4. The van der Waals surface area contributed by atoms with Crippen molar-refractivity contribution in [3.8, 4) is 0 Å². The summed E-state index contributed by atoms with van der Waals surface area (Å²) in [5.74, 6) is 1.75. The number of carbonyl (C=O) groups is 1. The van der Waals surface area contributed by atoms with Crippen LogP contribution in [0.15, 0.2) is 30.5 Å². The van der Waals surface area contributed by atoms with E-state index in [1.165, 1.54) is 13.0 Å². The van der Waals surface area contributed by atoms with E-state index < -0.39 is 23.4 Å². The van der Waals surface area contributed by atoms with E-state index in [9.17, 15) is 18.0 Å². The Labute approximate surface area is 220 Å². The lowest BCUT2D eigenvalue weighted by molar-refractivity contribution is -0.138. The highest BCUT2D eigenvalue weighted by Crippen LogP contribution is 2.35. The maximum atomic E-state index is 13.5. The largest absolute Gasteiger partial charge is 0.444 e. The van der Waals surface area contributed by atoms with E-state index in [2.05, 4.69) is 25.2 Å². The molecule has 3 aromatic rings. The van der Waals surface area contributed by atoms with Crippen molar-refractivity contribution in [3.63, 3.8) is 0 Å². The number of ether oxygens (including phenoxy) is 1. The molecule has 0 bridgehead atoms. The normalized spacial score (nSPS) is 15.5. The monoisotopic (exact) mass is 530 g/mol. The third-order valence-electron chi connectivity index (χ3n) is 6.44. The number of nitrogens with zero attached hydrogens (tertiary/aromatic N) is 5. The number of amides is 1. The third kappa shape index (κ3) is 6.08. The smallest absolute Gasteiger partial charge is 0.416 e. The highest BCUT2D eigenvalue weighted by Gasteiger charge is 2.33. The zero-order chi connectivity index (χ0) is 27.8. The minimum atomic E-state index is -4.42. The van der Waals surface area contributed by atoms with Gasteiger partial charge in [-0.2, -0.15) is 13.2 Å². The van der Waals surface area contributed by atoms with E-state index in [0.717, 1.165) is 6.07 Å². The second-order valence-electron chi connectivity index (χ2n) is 10.5. The van der Waals surface area contributed by atoms with Crippen LogP contribution in [-0.2, 0) is 10.9 Å². The molecule has 1 N–H and O–H groups in total. The molecule has 1 fully saturated rings. The summed E-state index contributed by atoms with van der Waals surface area (Å²) >= 11 is 0. The van der Waals surface area contributed by atoms with Crippen LogP contribution < -0.4 is 10.2 Å². The molecule has 0 aliphatic carbocycles. The highest BCUT2D eigenvalue weighted by atomic mass is 19.4. The van der Waals surface area contributed by atoms with Crippen molar-refractivity contribution < 1.29 is 22.7 Å². The van der Waals surface area contributed by atoms with E-state index >= 15 is 0 Å². The van der Waals surface area contributed by atoms with Gasteiger partial charge in [-0.05, 0) is 64.8 Å². The van der Waals surface area contributed by atoms with Crippen LogP contribution >= 0.6 is 0 Å². The number of piperazine rings is 1. The molecule has 3 heterocycles. The van der Waals surface area contributed by atoms with Crippen LogP contribution in [0.3, 0.4) is 0 Å². The number of nitrogens with one attached hydrogen (secondary N) is 1. The predicted octanol–water partition coefficient (Wildman–Crippen LogP) is 5.89. The first-order chi connectivity index (χ1) is 17.7. The van der Waals surface area contributed by atoms with Gasteiger partial charge in [-0.1, -0.05) is 12.1 Å². The van der Waals surface area contributed by atoms with Gasteiger partial charge in [0.2, 0.25) is 0 Å². The van der Waals surface area contributed by atoms with Gasteiger partial charge in [0, 0.05) is 31.6 Å². The fourth-order valence-corrected chi connectivity index (χ4v) is 4.58. The van der Waals surface area contributed by atoms with Gasteiger partial charge in [0.05, 0.1) is 23.3 Å². The lowest BCUT2D eigenvalue weighted by atomic mass is 9.97. The Morgan fingerprint density at radius 2 is 1.76 bits per heavy atom. The number of alkyl halides is 3. The predicted molar refractivity (Wildman–Crippen MR) is 140 cm³/mol. The topological polar surface area (TPSA) is 83.5 Å². The number of hydrogen-bond donors (Lipinski definition) is 1. The van der Waals surface area contributed by atoms with E-state index in [4.69, 9.17) is 4.74 Å². The summed E-state index contributed by atoms with van der Waals surface area (Å²) in [6.45, 7) is 12.7. The molecular formula is C27H33F3N6O2. The highest BCUT2D eigenvalue weighted by molar-refractivity contribution is 5.90. The standard InChI is InChI=1S/C27H33F3N6O2/c1-16-19(8-7-9-21(16)27(28,29)30)17(2)32-24-20-14-23(31-15-22(20)33-18(3)34-24)35-10-12-36(13-11-35)25(37)38-26(4,5)6/h7-9,14-15,17H,10-13H2,1-6H3,(H,32,33,34)/t17-/m1/s1. The van der Waals surface area contributed by atoms with E-state index in [0.29, 0.717) is 60.1 Å². The molecule has 1 amide bonds.